The summed E-state index contributed by atoms with van der Waals surface area (Å²) in [6.07, 6.45) is 1.49. The van der Waals surface area contributed by atoms with E-state index >= 15 is 0 Å². The number of hydrogen-bond acceptors (Lipinski definition) is 4. The number of nitrogens with one attached hydrogen (secondary N) is 1. The maximum atomic E-state index is 9.34. The number of aromatic amines is 1. The highest BCUT2D eigenvalue weighted by Crippen LogP contribution is 2.24. The zero-order chi connectivity index (χ0) is 13.4. The average Bonchev–Trinajstić information content (AvgIpc) is 2.89. The molecule has 1 aromatic carbocycles. The molecule has 3 aromatic rings. The van der Waals surface area contributed by atoms with Gasteiger partial charge in [-0.15, -0.1) is 0 Å². The van der Waals surface area contributed by atoms with Crippen LogP contribution in [0.1, 0.15) is 5.56 Å². The van der Waals surface area contributed by atoms with E-state index in [1.165, 1.54) is 10.8 Å². The van der Waals surface area contributed by atoms with Gasteiger partial charge in [-0.05, 0) is 24.4 Å². The Morgan fingerprint density at radius 2 is 2.05 bits per heavy atom. The van der Waals surface area contributed by atoms with Gasteiger partial charge < -0.3 is 0 Å². The first-order chi connectivity index (χ1) is 9.20. The van der Waals surface area contributed by atoms with E-state index in [9.17, 15) is 5.26 Å². The standard InChI is InChI=1S/C12H6BrN5S/c13-8-3-1-7(2-4-8)10-9(5-14)11-15-6-16-18(11)12(19)17-10/h1-4,6H,(H,15,16). The van der Waals surface area contributed by atoms with Crippen LogP contribution < -0.4 is 0 Å². The van der Waals surface area contributed by atoms with Crippen LogP contribution in [0.2, 0.25) is 0 Å². The van der Waals surface area contributed by atoms with Gasteiger partial charge in [0.25, 0.3) is 0 Å². The van der Waals surface area contributed by atoms with Crippen LogP contribution in [0.4, 0.5) is 0 Å². The van der Waals surface area contributed by atoms with Crippen molar-refractivity contribution in [3.63, 3.8) is 0 Å². The highest BCUT2D eigenvalue weighted by Gasteiger charge is 2.13. The monoisotopic (exact) mass is 331 g/mol. The van der Waals surface area contributed by atoms with Crippen molar-refractivity contribution in [2.24, 2.45) is 0 Å². The molecule has 19 heavy (non-hydrogen) atoms. The normalized spacial score (nSPS) is 10.5. The minimum Gasteiger partial charge on any atom is -0.279 e. The lowest BCUT2D eigenvalue weighted by Gasteiger charge is -2.04. The number of benzene rings is 1. The minimum atomic E-state index is 0.337. The molecule has 0 amide bonds. The van der Waals surface area contributed by atoms with Crippen molar-refractivity contribution in [2.75, 3.05) is 0 Å². The van der Waals surface area contributed by atoms with Crippen molar-refractivity contribution < 1.29 is 0 Å². The Bertz CT molecular complexity index is 856. The molecule has 0 fully saturated rings. The molecule has 0 aliphatic rings. The Morgan fingerprint density at radius 3 is 2.74 bits per heavy atom. The van der Waals surface area contributed by atoms with Crippen LogP contribution in [-0.4, -0.2) is 19.6 Å². The second-order valence-electron chi connectivity index (χ2n) is 3.78. The number of halogens is 1. The van der Waals surface area contributed by atoms with Crippen molar-refractivity contribution in [1.29, 1.82) is 5.26 Å². The summed E-state index contributed by atoms with van der Waals surface area (Å²) < 4.78 is 2.81. The van der Waals surface area contributed by atoms with Gasteiger partial charge >= 0.3 is 0 Å². The third kappa shape index (κ3) is 1.95. The summed E-state index contributed by atoms with van der Waals surface area (Å²) in [5, 5.41) is 12.2. The fraction of sp³-hybridized carbons (Fsp3) is 0. The van der Waals surface area contributed by atoms with E-state index in [1.54, 1.807) is 0 Å². The van der Waals surface area contributed by atoms with Crippen molar-refractivity contribution in [1.82, 2.24) is 19.6 Å². The van der Waals surface area contributed by atoms with Crippen LogP contribution in [0, 0.1) is 16.1 Å². The predicted octanol–water partition coefficient (Wildman–Crippen LogP) is 3.09. The number of nitrogens with zero attached hydrogens (tertiary/aromatic N) is 4. The summed E-state index contributed by atoms with van der Waals surface area (Å²) in [5.41, 5.74) is 2.26. The number of H-pyrrole nitrogens is 1. The molecule has 0 saturated carbocycles. The van der Waals surface area contributed by atoms with Gasteiger partial charge in [0.2, 0.25) is 4.77 Å². The van der Waals surface area contributed by atoms with Gasteiger partial charge in [-0.25, -0.2) is 14.5 Å². The van der Waals surface area contributed by atoms with Crippen LogP contribution in [0.25, 0.3) is 16.9 Å². The van der Waals surface area contributed by atoms with E-state index in [0.717, 1.165) is 10.0 Å². The summed E-state index contributed by atoms with van der Waals surface area (Å²) >= 11 is 8.56. The molecule has 0 aliphatic carbocycles. The molecule has 7 heteroatoms. The molecule has 5 nitrogen and oxygen atoms in total. The number of fused-ring (bicyclic) bond motifs is 1. The number of rotatable bonds is 1. The zero-order valence-corrected chi connectivity index (χ0v) is 11.9. The van der Waals surface area contributed by atoms with E-state index in [2.05, 4.69) is 37.1 Å². The summed E-state index contributed by atoms with van der Waals surface area (Å²) in [5.74, 6) is 0. The predicted molar refractivity (Wildman–Crippen MR) is 76.0 cm³/mol. The number of nitriles is 1. The second kappa shape index (κ2) is 4.57. The van der Waals surface area contributed by atoms with Crippen LogP contribution in [-0.2, 0) is 0 Å². The van der Waals surface area contributed by atoms with Crippen molar-refractivity contribution >= 4 is 33.8 Å². The SMILES string of the molecule is N#Cc1c(-c2ccc(Br)cc2)nc(=S)n2[nH]cnc12. The van der Waals surface area contributed by atoms with E-state index in [1.807, 2.05) is 24.3 Å². The highest BCUT2D eigenvalue weighted by atomic mass is 79.9. The molecule has 0 radical (unpaired) electrons. The van der Waals surface area contributed by atoms with E-state index in [4.69, 9.17) is 12.2 Å². The fourth-order valence-corrected chi connectivity index (χ4v) is 2.31. The highest BCUT2D eigenvalue weighted by molar-refractivity contribution is 9.10. The molecule has 1 N–H and O–H groups in total. The fourth-order valence-electron chi connectivity index (χ4n) is 1.82. The molecular weight excluding hydrogens is 326 g/mol. The lowest BCUT2D eigenvalue weighted by Crippen LogP contribution is -2.00. The van der Waals surface area contributed by atoms with Crippen molar-refractivity contribution in [3.8, 4) is 17.3 Å². The Morgan fingerprint density at radius 1 is 1.32 bits per heavy atom. The van der Waals surface area contributed by atoms with Gasteiger partial charge in [-0.1, -0.05) is 28.1 Å². The van der Waals surface area contributed by atoms with Gasteiger partial charge in [-0.3, -0.25) is 5.10 Å². The molecule has 2 aromatic heterocycles. The maximum absolute atomic E-state index is 9.34. The zero-order valence-electron chi connectivity index (χ0n) is 9.46. The maximum Gasteiger partial charge on any atom is 0.221 e. The first-order valence-corrected chi connectivity index (χ1v) is 6.53. The van der Waals surface area contributed by atoms with Crippen LogP contribution in [0.5, 0.6) is 0 Å². The van der Waals surface area contributed by atoms with Gasteiger partial charge in [-0.2, -0.15) is 5.26 Å². The quantitative estimate of drug-likeness (QED) is 0.695. The lowest BCUT2D eigenvalue weighted by atomic mass is 10.1. The Hall–Kier alpha value is -2.04. The smallest absolute Gasteiger partial charge is 0.221 e. The van der Waals surface area contributed by atoms with E-state index in [0.29, 0.717) is 21.7 Å². The van der Waals surface area contributed by atoms with Crippen LogP contribution in [0.3, 0.4) is 0 Å². The van der Waals surface area contributed by atoms with Crippen molar-refractivity contribution in [3.05, 3.63) is 45.4 Å². The second-order valence-corrected chi connectivity index (χ2v) is 5.06. The van der Waals surface area contributed by atoms with Gasteiger partial charge in [0.05, 0.1) is 5.69 Å². The summed E-state index contributed by atoms with van der Waals surface area (Å²) in [6.45, 7) is 0. The lowest BCUT2D eigenvalue weighted by molar-refractivity contribution is 0.901. The first-order valence-electron chi connectivity index (χ1n) is 5.33. The summed E-state index contributed by atoms with van der Waals surface area (Å²) in [4.78, 5) is 8.44. The largest absolute Gasteiger partial charge is 0.279 e. The number of aromatic nitrogens is 4. The molecule has 0 bridgehead atoms. The van der Waals surface area contributed by atoms with Crippen LogP contribution >= 0.6 is 28.1 Å². The van der Waals surface area contributed by atoms with Crippen molar-refractivity contribution in [2.45, 2.75) is 0 Å². The molecule has 92 valence electrons. The Balaban J connectivity index is 2.38. The molecule has 2 heterocycles. The average molecular weight is 332 g/mol. The third-order valence-corrected chi connectivity index (χ3v) is 3.48. The Kier molecular flexibility index (Phi) is 2.89. The molecule has 0 aliphatic heterocycles. The van der Waals surface area contributed by atoms with E-state index in [-0.39, 0.29) is 0 Å². The summed E-state index contributed by atoms with van der Waals surface area (Å²) in [6, 6.07) is 9.69. The first kappa shape index (κ1) is 12.0. The molecule has 0 spiro atoms. The molecule has 0 atom stereocenters. The topological polar surface area (TPSA) is 69.8 Å². The molecule has 3 rings (SSSR count). The van der Waals surface area contributed by atoms with Gasteiger partial charge in [0.15, 0.2) is 5.65 Å². The third-order valence-electron chi connectivity index (χ3n) is 2.67. The van der Waals surface area contributed by atoms with E-state index < -0.39 is 0 Å². The van der Waals surface area contributed by atoms with Crippen LogP contribution in [0.15, 0.2) is 35.1 Å². The molecule has 0 saturated heterocycles. The van der Waals surface area contributed by atoms with Gasteiger partial charge in [0.1, 0.15) is 18.0 Å². The van der Waals surface area contributed by atoms with Gasteiger partial charge in [0, 0.05) is 10.0 Å². The number of hydrogen-bond donors (Lipinski definition) is 1. The minimum absolute atomic E-state index is 0.337. The molecule has 0 unspecified atom stereocenters. The Labute approximate surface area is 121 Å². The molecular formula is C12H6BrN5S. The summed E-state index contributed by atoms with van der Waals surface area (Å²) in [7, 11) is 0.